The fourth-order valence-corrected chi connectivity index (χ4v) is 1.49. The Balaban J connectivity index is 2.27. The summed E-state index contributed by atoms with van der Waals surface area (Å²) in [6.07, 6.45) is 1.29. The van der Waals surface area contributed by atoms with E-state index < -0.39 is 5.97 Å². The lowest BCUT2D eigenvalue weighted by Gasteiger charge is -1.98. The van der Waals surface area contributed by atoms with E-state index in [4.69, 9.17) is 21.1 Å². The van der Waals surface area contributed by atoms with Crippen molar-refractivity contribution >= 4 is 23.5 Å². The van der Waals surface area contributed by atoms with Gasteiger partial charge in [0.15, 0.2) is 5.70 Å². The number of rotatable bonds is 3. The number of nitrogens with zero attached hydrogens (tertiary/aromatic N) is 1. The molecule has 0 radical (unpaired) electrons. The average molecular weight is 252 g/mol. The number of halogens is 1. The van der Waals surface area contributed by atoms with Crippen molar-refractivity contribution in [2.45, 2.75) is 6.92 Å². The standard InChI is InChI=1S/C12H10ClNO3/c1-2-16-7-10-12(15)17-11(14-10)8-4-3-5-9(13)6-8/h3-7H,2H2,1H3/b10-7+. The molecule has 0 fully saturated rings. The zero-order valence-electron chi connectivity index (χ0n) is 9.14. The van der Waals surface area contributed by atoms with Gasteiger partial charge in [0.2, 0.25) is 5.90 Å². The molecule has 1 aliphatic heterocycles. The van der Waals surface area contributed by atoms with E-state index in [9.17, 15) is 4.79 Å². The molecule has 5 heteroatoms. The summed E-state index contributed by atoms with van der Waals surface area (Å²) in [6.45, 7) is 2.29. The van der Waals surface area contributed by atoms with Crippen molar-refractivity contribution in [1.82, 2.24) is 0 Å². The zero-order chi connectivity index (χ0) is 12.3. The van der Waals surface area contributed by atoms with Crippen molar-refractivity contribution in [1.29, 1.82) is 0 Å². The number of carbonyl (C=O) groups is 1. The highest BCUT2D eigenvalue weighted by molar-refractivity contribution is 6.31. The molecule has 0 aromatic heterocycles. The molecule has 0 atom stereocenters. The molecule has 1 aromatic carbocycles. The van der Waals surface area contributed by atoms with Gasteiger partial charge in [-0.1, -0.05) is 17.7 Å². The molecule has 0 amide bonds. The molecule has 17 heavy (non-hydrogen) atoms. The van der Waals surface area contributed by atoms with E-state index >= 15 is 0 Å². The number of benzene rings is 1. The van der Waals surface area contributed by atoms with E-state index in [1.807, 2.05) is 6.92 Å². The second-order valence-electron chi connectivity index (χ2n) is 3.28. The number of esters is 1. The second-order valence-corrected chi connectivity index (χ2v) is 3.71. The normalized spacial score (nSPS) is 16.9. The third kappa shape index (κ3) is 2.65. The molecule has 0 unspecified atom stereocenters. The predicted molar refractivity (Wildman–Crippen MR) is 63.8 cm³/mol. The van der Waals surface area contributed by atoms with Crippen LogP contribution in [-0.4, -0.2) is 18.5 Å². The van der Waals surface area contributed by atoms with E-state index in [0.717, 1.165) is 0 Å². The van der Waals surface area contributed by atoms with Gasteiger partial charge in [-0.2, -0.15) is 0 Å². The number of ether oxygens (including phenoxy) is 2. The number of carbonyl (C=O) groups excluding carboxylic acids is 1. The molecular formula is C12H10ClNO3. The van der Waals surface area contributed by atoms with Gasteiger partial charge in [-0.15, -0.1) is 0 Å². The Kier molecular flexibility index (Phi) is 3.44. The van der Waals surface area contributed by atoms with Gasteiger partial charge in [-0.3, -0.25) is 0 Å². The highest BCUT2D eigenvalue weighted by Crippen LogP contribution is 2.18. The minimum absolute atomic E-state index is 0.154. The number of aliphatic imine (C=N–C) groups is 1. The van der Waals surface area contributed by atoms with Crippen LogP contribution in [0.2, 0.25) is 5.02 Å². The fraction of sp³-hybridized carbons (Fsp3) is 0.167. The van der Waals surface area contributed by atoms with Crippen LogP contribution in [0.4, 0.5) is 0 Å². The Morgan fingerprint density at radius 2 is 2.35 bits per heavy atom. The van der Waals surface area contributed by atoms with Crippen LogP contribution in [0, 0.1) is 0 Å². The van der Waals surface area contributed by atoms with Gasteiger partial charge < -0.3 is 9.47 Å². The molecule has 2 rings (SSSR count). The Bertz CT molecular complexity index is 508. The van der Waals surface area contributed by atoms with E-state index in [1.165, 1.54) is 6.26 Å². The average Bonchev–Trinajstić information content (AvgIpc) is 2.68. The van der Waals surface area contributed by atoms with Gasteiger partial charge in [0, 0.05) is 10.6 Å². The van der Waals surface area contributed by atoms with Crippen molar-refractivity contribution < 1.29 is 14.3 Å². The highest BCUT2D eigenvalue weighted by atomic mass is 35.5. The van der Waals surface area contributed by atoms with Crippen LogP contribution in [0.5, 0.6) is 0 Å². The largest absolute Gasteiger partial charge is 0.499 e. The predicted octanol–water partition coefficient (Wildman–Crippen LogP) is 2.52. The minimum Gasteiger partial charge on any atom is -0.499 e. The molecule has 1 heterocycles. The SMILES string of the molecule is CCO/C=C1/N=C(c2cccc(Cl)c2)OC1=O. The fourth-order valence-electron chi connectivity index (χ4n) is 1.30. The van der Waals surface area contributed by atoms with E-state index in [2.05, 4.69) is 4.99 Å². The van der Waals surface area contributed by atoms with Gasteiger partial charge in [0.05, 0.1) is 6.61 Å². The first-order valence-electron chi connectivity index (χ1n) is 5.09. The van der Waals surface area contributed by atoms with E-state index in [0.29, 0.717) is 17.2 Å². The van der Waals surface area contributed by atoms with Gasteiger partial charge in [-0.05, 0) is 25.1 Å². The molecule has 1 aliphatic rings. The summed E-state index contributed by atoms with van der Waals surface area (Å²) in [5.74, 6) is -0.281. The first kappa shape index (κ1) is 11.7. The highest BCUT2D eigenvalue weighted by Gasteiger charge is 2.24. The lowest BCUT2D eigenvalue weighted by Crippen LogP contribution is -2.05. The lowest BCUT2D eigenvalue weighted by molar-refractivity contribution is -0.130. The zero-order valence-corrected chi connectivity index (χ0v) is 9.90. The summed E-state index contributed by atoms with van der Waals surface area (Å²) in [5.41, 5.74) is 0.813. The van der Waals surface area contributed by atoms with E-state index in [-0.39, 0.29) is 11.6 Å². The van der Waals surface area contributed by atoms with Gasteiger partial charge >= 0.3 is 5.97 Å². The Labute approximate surface area is 104 Å². The van der Waals surface area contributed by atoms with Crippen LogP contribution in [-0.2, 0) is 14.3 Å². The molecule has 1 aromatic rings. The first-order chi connectivity index (χ1) is 8.20. The number of cyclic esters (lactones) is 1. The van der Waals surface area contributed by atoms with Crippen LogP contribution < -0.4 is 0 Å². The Morgan fingerprint density at radius 3 is 3.06 bits per heavy atom. The molecule has 4 nitrogen and oxygen atoms in total. The molecule has 0 bridgehead atoms. The van der Waals surface area contributed by atoms with Crippen LogP contribution >= 0.6 is 11.6 Å². The number of hydrogen-bond donors (Lipinski definition) is 0. The molecule has 0 saturated heterocycles. The quantitative estimate of drug-likeness (QED) is 0.471. The van der Waals surface area contributed by atoms with Gasteiger partial charge in [0.1, 0.15) is 6.26 Å². The van der Waals surface area contributed by atoms with Crippen molar-refractivity contribution in [2.24, 2.45) is 4.99 Å². The van der Waals surface area contributed by atoms with Crippen molar-refractivity contribution in [3.8, 4) is 0 Å². The van der Waals surface area contributed by atoms with Crippen molar-refractivity contribution in [3.63, 3.8) is 0 Å². The smallest absolute Gasteiger partial charge is 0.367 e. The molecular weight excluding hydrogens is 242 g/mol. The first-order valence-corrected chi connectivity index (χ1v) is 5.47. The van der Waals surface area contributed by atoms with E-state index in [1.54, 1.807) is 24.3 Å². The minimum atomic E-state index is -0.520. The topological polar surface area (TPSA) is 47.9 Å². The summed E-state index contributed by atoms with van der Waals surface area (Å²) in [7, 11) is 0. The monoisotopic (exact) mass is 251 g/mol. The van der Waals surface area contributed by atoms with Gasteiger partial charge in [0.25, 0.3) is 0 Å². The third-order valence-electron chi connectivity index (χ3n) is 2.05. The van der Waals surface area contributed by atoms with Crippen molar-refractivity contribution in [2.75, 3.05) is 6.61 Å². The Morgan fingerprint density at radius 1 is 1.53 bits per heavy atom. The third-order valence-corrected chi connectivity index (χ3v) is 2.29. The molecule has 0 saturated carbocycles. The summed E-state index contributed by atoms with van der Waals surface area (Å²) in [5, 5.41) is 0.559. The van der Waals surface area contributed by atoms with Crippen LogP contribution in [0.3, 0.4) is 0 Å². The van der Waals surface area contributed by atoms with Crippen LogP contribution in [0.15, 0.2) is 41.2 Å². The molecule has 0 N–H and O–H groups in total. The summed E-state index contributed by atoms with van der Waals surface area (Å²) < 4.78 is 10.0. The summed E-state index contributed by atoms with van der Waals surface area (Å²) >= 11 is 5.84. The number of hydrogen-bond acceptors (Lipinski definition) is 4. The summed E-state index contributed by atoms with van der Waals surface area (Å²) in [4.78, 5) is 15.5. The summed E-state index contributed by atoms with van der Waals surface area (Å²) in [6, 6.07) is 6.94. The van der Waals surface area contributed by atoms with Crippen LogP contribution in [0.25, 0.3) is 0 Å². The molecule has 0 spiro atoms. The van der Waals surface area contributed by atoms with Crippen molar-refractivity contribution in [3.05, 3.63) is 46.8 Å². The Hall–Kier alpha value is -1.81. The maximum atomic E-state index is 11.4. The van der Waals surface area contributed by atoms with Gasteiger partial charge in [-0.25, -0.2) is 9.79 Å². The van der Waals surface area contributed by atoms with Crippen LogP contribution in [0.1, 0.15) is 12.5 Å². The second kappa shape index (κ2) is 5.01. The maximum absolute atomic E-state index is 11.4. The molecule has 0 aliphatic carbocycles. The lowest BCUT2D eigenvalue weighted by atomic mass is 10.2. The molecule has 88 valence electrons. The maximum Gasteiger partial charge on any atom is 0.367 e.